The third-order valence-corrected chi connectivity index (χ3v) is 6.07. The van der Waals surface area contributed by atoms with Crippen molar-refractivity contribution < 1.29 is 0 Å². The summed E-state index contributed by atoms with van der Waals surface area (Å²) >= 11 is 0. The SMILES string of the molecule is CCC1(CC)CN(C2CCC(C)C(C)C2)CCCN1. The molecule has 1 heterocycles. The van der Waals surface area contributed by atoms with E-state index in [1.165, 1.54) is 58.2 Å². The van der Waals surface area contributed by atoms with Gasteiger partial charge < -0.3 is 5.32 Å². The summed E-state index contributed by atoms with van der Waals surface area (Å²) in [7, 11) is 0. The predicted molar refractivity (Wildman–Crippen MR) is 83.5 cm³/mol. The van der Waals surface area contributed by atoms with Gasteiger partial charge in [0.15, 0.2) is 0 Å². The van der Waals surface area contributed by atoms with Crippen LogP contribution in [0.2, 0.25) is 0 Å². The fraction of sp³-hybridized carbons (Fsp3) is 1.00. The number of nitrogens with one attached hydrogen (secondary N) is 1. The molecule has 1 aliphatic carbocycles. The number of hydrogen-bond donors (Lipinski definition) is 1. The molecule has 2 rings (SSSR count). The molecule has 0 aromatic carbocycles. The third kappa shape index (κ3) is 3.52. The highest BCUT2D eigenvalue weighted by Gasteiger charge is 2.35. The van der Waals surface area contributed by atoms with Crippen molar-refractivity contribution in [1.29, 1.82) is 0 Å². The van der Waals surface area contributed by atoms with Crippen LogP contribution in [0.1, 0.15) is 66.2 Å². The van der Waals surface area contributed by atoms with E-state index in [9.17, 15) is 0 Å². The van der Waals surface area contributed by atoms with E-state index in [2.05, 4.69) is 37.9 Å². The number of nitrogens with zero attached hydrogens (tertiary/aromatic N) is 1. The molecule has 2 fully saturated rings. The van der Waals surface area contributed by atoms with Crippen molar-refractivity contribution in [2.45, 2.75) is 77.8 Å². The largest absolute Gasteiger partial charge is 0.310 e. The van der Waals surface area contributed by atoms with Gasteiger partial charge in [0.25, 0.3) is 0 Å². The van der Waals surface area contributed by atoms with Crippen molar-refractivity contribution in [3.05, 3.63) is 0 Å². The second-order valence-corrected chi connectivity index (χ2v) is 7.16. The van der Waals surface area contributed by atoms with Gasteiger partial charge in [-0.3, -0.25) is 4.90 Å². The smallest absolute Gasteiger partial charge is 0.0303 e. The Morgan fingerprint density at radius 1 is 1.11 bits per heavy atom. The van der Waals surface area contributed by atoms with Crippen LogP contribution in [-0.2, 0) is 0 Å². The molecule has 1 N–H and O–H groups in total. The Bertz CT molecular complexity index is 272. The Hall–Kier alpha value is -0.0800. The molecule has 2 heteroatoms. The van der Waals surface area contributed by atoms with Gasteiger partial charge in [0.05, 0.1) is 0 Å². The molecule has 0 bridgehead atoms. The second kappa shape index (κ2) is 6.58. The monoisotopic (exact) mass is 266 g/mol. The molecule has 3 unspecified atom stereocenters. The first-order valence-corrected chi connectivity index (χ1v) is 8.59. The Morgan fingerprint density at radius 3 is 2.47 bits per heavy atom. The molecule has 2 aliphatic rings. The van der Waals surface area contributed by atoms with E-state index >= 15 is 0 Å². The lowest BCUT2D eigenvalue weighted by atomic mass is 9.78. The minimum absolute atomic E-state index is 0.378. The molecule has 1 aliphatic heterocycles. The Morgan fingerprint density at radius 2 is 1.84 bits per heavy atom. The summed E-state index contributed by atoms with van der Waals surface area (Å²) in [5.74, 6) is 1.84. The topological polar surface area (TPSA) is 15.3 Å². The van der Waals surface area contributed by atoms with Crippen molar-refractivity contribution >= 4 is 0 Å². The van der Waals surface area contributed by atoms with Gasteiger partial charge in [0, 0.05) is 18.1 Å². The van der Waals surface area contributed by atoms with Crippen molar-refractivity contribution in [2.75, 3.05) is 19.6 Å². The first kappa shape index (κ1) is 15.3. The van der Waals surface area contributed by atoms with Crippen LogP contribution in [0.15, 0.2) is 0 Å². The van der Waals surface area contributed by atoms with Crippen LogP contribution in [-0.4, -0.2) is 36.1 Å². The molecule has 0 radical (unpaired) electrons. The zero-order valence-corrected chi connectivity index (χ0v) is 13.5. The second-order valence-electron chi connectivity index (χ2n) is 7.16. The molecule has 0 aromatic rings. The quantitative estimate of drug-likeness (QED) is 0.838. The molecule has 2 nitrogen and oxygen atoms in total. The normalized spacial score (nSPS) is 36.9. The average molecular weight is 266 g/mol. The molecule has 19 heavy (non-hydrogen) atoms. The molecule has 3 atom stereocenters. The molecule has 1 saturated carbocycles. The Balaban J connectivity index is 2.02. The third-order valence-electron chi connectivity index (χ3n) is 6.07. The molecule has 0 amide bonds. The summed E-state index contributed by atoms with van der Waals surface area (Å²) in [5.41, 5.74) is 0.378. The maximum absolute atomic E-state index is 3.84. The van der Waals surface area contributed by atoms with Crippen LogP contribution in [0.4, 0.5) is 0 Å². The van der Waals surface area contributed by atoms with Gasteiger partial charge >= 0.3 is 0 Å². The fourth-order valence-corrected chi connectivity index (χ4v) is 4.05. The standard InChI is InChI=1S/C17H34N2/c1-5-17(6-2)13-19(11-7-10-18-17)16-9-8-14(3)15(4)12-16/h14-16,18H,5-13H2,1-4H3. The lowest BCUT2D eigenvalue weighted by Crippen LogP contribution is -2.53. The first-order chi connectivity index (χ1) is 9.10. The summed E-state index contributed by atoms with van der Waals surface area (Å²) in [6.07, 6.45) is 8.13. The van der Waals surface area contributed by atoms with E-state index in [-0.39, 0.29) is 0 Å². The Labute approximate surface area is 120 Å². The summed E-state index contributed by atoms with van der Waals surface area (Å²) in [6.45, 7) is 13.4. The van der Waals surface area contributed by atoms with Crippen LogP contribution in [0.3, 0.4) is 0 Å². The predicted octanol–water partition coefficient (Wildman–Crippen LogP) is 3.67. The molecule has 112 valence electrons. The molecular formula is C17H34N2. The van der Waals surface area contributed by atoms with E-state index in [0.717, 1.165) is 17.9 Å². The van der Waals surface area contributed by atoms with Crippen LogP contribution >= 0.6 is 0 Å². The highest BCUT2D eigenvalue weighted by molar-refractivity contribution is 4.94. The number of rotatable bonds is 3. The van der Waals surface area contributed by atoms with Gasteiger partial charge in [-0.15, -0.1) is 0 Å². The minimum atomic E-state index is 0.378. The van der Waals surface area contributed by atoms with E-state index in [4.69, 9.17) is 0 Å². The van der Waals surface area contributed by atoms with Gasteiger partial charge in [0.2, 0.25) is 0 Å². The molecule has 0 aromatic heterocycles. The lowest BCUT2D eigenvalue weighted by molar-refractivity contribution is 0.0874. The summed E-state index contributed by atoms with van der Waals surface area (Å²) < 4.78 is 0. The average Bonchev–Trinajstić information content (AvgIpc) is 2.65. The molecule has 0 spiro atoms. The highest BCUT2D eigenvalue weighted by Crippen LogP contribution is 2.33. The molecule has 1 saturated heterocycles. The lowest BCUT2D eigenvalue weighted by Gasteiger charge is -2.43. The van der Waals surface area contributed by atoms with Crippen LogP contribution in [0.25, 0.3) is 0 Å². The molecular weight excluding hydrogens is 232 g/mol. The van der Waals surface area contributed by atoms with Crippen molar-refractivity contribution in [2.24, 2.45) is 11.8 Å². The van der Waals surface area contributed by atoms with Crippen molar-refractivity contribution in [3.8, 4) is 0 Å². The van der Waals surface area contributed by atoms with Crippen LogP contribution < -0.4 is 5.32 Å². The van der Waals surface area contributed by atoms with Gasteiger partial charge in [-0.2, -0.15) is 0 Å². The summed E-state index contributed by atoms with van der Waals surface area (Å²) in [5, 5.41) is 3.84. The number of hydrogen-bond acceptors (Lipinski definition) is 2. The van der Waals surface area contributed by atoms with Crippen LogP contribution in [0, 0.1) is 11.8 Å². The highest BCUT2D eigenvalue weighted by atomic mass is 15.2. The zero-order chi connectivity index (χ0) is 13.9. The van der Waals surface area contributed by atoms with Crippen molar-refractivity contribution in [1.82, 2.24) is 10.2 Å². The van der Waals surface area contributed by atoms with Gasteiger partial charge in [-0.05, 0) is 63.5 Å². The first-order valence-electron chi connectivity index (χ1n) is 8.59. The van der Waals surface area contributed by atoms with E-state index in [1.807, 2.05) is 0 Å². The Kier molecular flexibility index (Phi) is 5.30. The van der Waals surface area contributed by atoms with E-state index < -0.39 is 0 Å². The van der Waals surface area contributed by atoms with E-state index in [0.29, 0.717) is 5.54 Å². The maximum Gasteiger partial charge on any atom is 0.0303 e. The summed E-state index contributed by atoms with van der Waals surface area (Å²) in [4.78, 5) is 2.83. The van der Waals surface area contributed by atoms with Gasteiger partial charge in [-0.1, -0.05) is 27.7 Å². The van der Waals surface area contributed by atoms with Crippen molar-refractivity contribution in [3.63, 3.8) is 0 Å². The van der Waals surface area contributed by atoms with Gasteiger partial charge in [-0.25, -0.2) is 0 Å². The fourth-order valence-electron chi connectivity index (χ4n) is 4.05. The zero-order valence-electron chi connectivity index (χ0n) is 13.5. The minimum Gasteiger partial charge on any atom is -0.310 e. The van der Waals surface area contributed by atoms with Gasteiger partial charge in [0.1, 0.15) is 0 Å². The summed E-state index contributed by atoms with van der Waals surface area (Å²) in [6, 6.07) is 0.851. The van der Waals surface area contributed by atoms with E-state index in [1.54, 1.807) is 0 Å². The van der Waals surface area contributed by atoms with Crippen LogP contribution in [0.5, 0.6) is 0 Å². The maximum atomic E-state index is 3.84.